The van der Waals surface area contributed by atoms with E-state index in [0.717, 1.165) is 25.5 Å². The number of hydrogen-bond acceptors (Lipinski definition) is 11. The minimum Gasteiger partial charge on any atom is -0.462 e. The second kappa shape index (κ2) is 23.6. The van der Waals surface area contributed by atoms with Crippen LogP contribution in [0.5, 0.6) is 0 Å². The Morgan fingerprint density at radius 1 is 0.833 bits per heavy atom. The number of unbranched alkanes of at least 4 members (excludes halogenated alkanes) is 9. The van der Waals surface area contributed by atoms with Crippen LogP contribution in [0.25, 0.3) is 0 Å². The monoisotopic (exact) mass is 910 g/mol. The van der Waals surface area contributed by atoms with E-state index in [1.165, 1.54) is 64.5 Å². The van der Waals surface area contributed by atoms with Crippen LogP contribution in [0.3, 0.4) is 0 Å². The fourth-order valence-electron chi connectivity index (χ4n) is 6.68. The van der Waals surface area contributed by atoms with Crippen molar-refractivity contribution < 1.29 is 32.6 Å². The third-order valence-corrected chi connectivity index (χ3v) is 11.6. The number of hydrogen-bond donors (Lipinski definition) is 2. The zero-order valence-corrected chi connectivity index (χ0v) is 37.9. The number of esters is 1. The Kier molecular flexibility index (Phi) is 19.7. The van der Waals surface area contributed by atoms with Gasteiger partial charge in [-0.15, -0.1) is 0 Å². The van der Waals surface area contributed by atoms with E-state index in [1.807, 2.05) is 11.8 Å². The number of nitrogens with zero attached hydrogens (tertiary/aromatic N) is 4. The van der Waals surface area contributed by atoms with Crippen molar-refractivity contribution in [3.8, 4) is 0 Å². The van der Waals surface area contributed by atoms with Gasteiger partial charge in [-0.2, -0.15) is 0 Å². The number of aliphatic imine (C=N–C) groups is 1. The minimum absolute atomic E-state index is 0.0347. The largest absolute Gasteiger partial charge is 0.462 e. The Morgan fingerprint density at radius 3 is 1.98 bits per heavy atom. The van der Waals surface area contributed by atoms with Crippen molar-refractivity contribution >= 4 is 90.9 Å². The summed E-state index contributed by atoms with van der Waals surface area (Å²) in [5, 5.41) is 26.5. The van der Waals surface area contributed by atoms with E-state index >= 15 is 0 Å². The van der Waals surface area contributed by atoms with Gasteiger partial charge in [-0.1, -0.05) is 99.5 Å². The van der Waals surface area contributed by atoms with Gasteiger partial charge in [0.05, 0.1) is 49.7 Å². The summed E-state index contributed by atoms with van der Waals surface area (Å²) in [5.74, 6) is -1.77. The van der Waals surface area contributed by atoms with Crippen LogP contribution in [0.2, 0.25) is 15.1 Å². The van der Waals surface area contributed by atoms with Crippen LogP contribution in [-0.2, 0) is 19.6 Å². The molecule has 1 amide bonds. The first-order valence-corrected chi connectivity index (χ1v) is 22.8. The molecule has 0 aliphatic carbocycles. The first-order chi connectivity index (χ1) is 28.3. The molecule has 0 radical (unpaired) electrons. The highest BCUT2D eigenvalue weighted by Gasteiger charge is 2.36. The Balaban J connectivity index is 2.01. The summed E-state index contributed by atoms with van der Waals surface area (Å²) in [4.78, 5) is 56.9. The first-order valence-electron chi connectivity index (χ1n) is 19.8. The normalized spacial score (nSPS) is 11.7. The summed E-state index contributed by atoms with van der Waals surface area (Å²) >= 11 is 19.6. The van der Waals surface area contributed by atoms with Crippen molar-refractivity contribution in [2.75, 3.05) is 42.7 Å². The van der Waals surface area contributed by atoms with Crippen molar-refractivity contribution in [1.29, 1.82) is 0 Å². The molecule has 3 aromatic rings. The molecule has 0 fully saturated rings. The van der Waals surface area contributed by atoms with Crippen molar-refractivity contribution in [3.63, 3.8) is 0 Å². The van der Waals surface area contributed by atoms with Gasteiger partial charge in [-0.25, -0.2) is 22.9 Å². The second-order valence-electron chi connectivity index (χ2n) is 14.4. The molecule has 2 N–H and O–H groups in total. The molecule has 3 aromatic carbocycles. The molecule has 0 aliphatic heterocycles. The number of benzene rings is 3. The van der Waals surface area contributed by atoms with Gasteiger partial charge in [0, 0.05) is 36.4 Å². The van der Waals surface area contributed by atoms with E-state index < -0.39 is 53.9 Å². The zero-order chi connectivity index (χ0) is 44.7. The number of likely N-dealkylation sites (N-methyl/N-ethyl adjacent to an activating group) is 1. The number of nitro benzene ring substituents is 2. The van der Waals surface area contributed by atoms with E-state index in [-0.39, 0.29) is 56.8 Å². The molecular weight excluding hydrogens is 859 g/mol. The van der Waals surface area contributed by atoms with Gasteiger partial charge in [-0.3, -0.25) is 25.0 Å². The van der Waals surface area contributed by atoms with Crippen LogP contribution in [0, 0.1) is 41.0 Å². The van der Waals surface area contributed by atoms with Crippen molar-refractivity contribution in [2.45, 2.75) is 98.8 Å². The fourth-order valence-corrected chi connectivity index (χ4v) is 8.10. The topological polar surface area (TPSA) is 203 Å². The molecule has 0 saturated carbocycles. The molecule has 3 rings (SSSR count). The van der Waals surface area contributed by atoms with Gasteiger partial charge >= 0.3 is 5.97 Å². The van der Waals surface area contributed by atoms with Gasteiger partial charge < -0.3 is 15.0 Å². The standard InChI is InChI=1S/C41H53Cl3N6O9S/c1-7-9-10-11-12-13-14-15-16-17-22-59-41(52)30-24-34(32(43)25-31(30)42)47-40(51)37(35-27(4)38(49(53)54)28(5)39(36(35)44)50(55)56)46-33-19-18-29(23-26(33)3)48(8-2)21-20-45-60(6,57)58/h18-19,23-25,45H,7-17,20-22H2,1-6H3,(H,47,51). The molecular formula is C41H53Cl3N6O9S. The third kappa shape index (κ3) is 14.1. The Hall–Kier alpha value is -4.35. The summed E-state index contributed by atoms with van der Waals surface area (Å²) in [5.41, 5.74) is -1.55. The number of rotatable bonds is 24. The fraction of sp³-hybridized carbons (Fsp3) is 0.488. The van der Waals surface area contributed by atoms with Crippen LogP contribution >= 0.6 is 34.8 Å². The Labute approximate surface area is 366 Å². The van der Waals surface area contributed by atoms with Crippen LogP contribution in [0.15, 0.2) is 35.3 Å². The average molecular weight is 912 g/mol. The second-order valence-corrected chi connectivity index (χ2v) is 17.4. The predicted octanol–water partition coefficient (Wildman–Crippen LogP) is 10.6. The summed E-state index contributed by atoms with van der Waals surface area (Å²) in [6.07, 6.45) is 12.1. The summed E-state index contributed by atoms with van der Waals surface area (Å²) < 4.78 is 31.2. The summed E-state index contributed by atoms with van der Waals surface area (Å²) in [7, 11) is -3.41. The highest BCUT2D eigenvalue weighted by molar-refractivity contribution is 7.88. The molecule has 19 heteroatoms. The highest BCUT2D eigenvalue weighted by atomic mass is 35.5. The minimum atomic E-state index is -3.41. The molecule has 60 heavy (non-hydrogen) atoms. The maximum absolute atomic E-state index is 14.4. The lowest BCUT2D eigenvalue weighted by Crippen LogP contribution is -2.34. The number of amides is 1. The number of nitrogens with one attached hydrogen (secondary N) is 2. The van der Waals surface area contributed by atoms with Gasteiger partial charge in [0.25, 0.3) is 17.3 Å². The van der Waals surface area contributed by atoms with Crippen molar-refractivity contribution in [2.24, 2.45) is 4.99 Å². The van der Waals surface area contributed by atoms with Gasteiger partial charge in [0.2, 0.25) is 10.0 Å². The summed E-state index contributed by atoms with van der Waals surface area (Å²) in [6.45, 7) is 9.41. The molecule has 0 heterocycles. The number of aryl methyl sites for hydroxylation is 1. The van der Waals surface area contributed by atoms with Crippen molar-refractivity contribution in [1.82, 2.24) is 4.72 Å². The number of carbonyl (C=O) groups is 2. The molecule has 0 spiro atoms. The van der Waals surface area contributed by atoms with Crippen LogP contribution < -0.4 is 14.9 Å². The summed E-state index contributed by atoms with van der Waals surface area (Å²) in [6, 6.07) is 7.48. The number of ether oxygens (including phenoxy) is 1. The van der Waals surface area contributed by atoms with Gasteiger partial charge in [0.15, 0.2) is 0 Å². The van der Waals surface area contributed by atoms with Crippen molar-refractivity contribution in [3.05, 3.63) is 93.4 Å². The SMILES string of the molecule is CCCCCCCCCCCCOC(=O)c1cc(NC(=O)C(=Nc2ccc(N(CC)CCNS(C)(=O)=O)cc2C)c2c(C)c([N+](=O)[O-])c(C)c([N+](=O)[O-])c2Cl)c(Cl)cc1Cl. The molecule has 0 bridgehead atoms. The molecule has 0 aliphatic rings. The molecule has 0 aromatic heterocycles. The number of halogens is 3. The smallest absolute Gasteiger partial charge is 0.339 e. The predicted molar refractivity (Wildman–Crippen MR) is 240 cm³/mol. The highest BCUT2D eigenvalue weighted by Crippen LogP contribution is 2.42. The Morgan fingerprint density at radius 2 is 1.43 bits per heavy atom. The molecule has 0 unspecified atom stereocenters. The number of nitro groups is 2. The van der Waals surface area contributed by atoms with E-state index in [1.54, 1.807) is 25.1 Å². The third-order valence-electron chi connectivity index (χ3n) is 9.85. The first kappa shape index (κ1) is 50.0. The lowest BCUT2D eigenvalue weighted by atomic mass is 9.96. The zero-order valence-electron chi connectivity index (χ0n) is 34.8. The van der Waals surface area contributed by atoms with Crippen LogP contribution in [0.1, 0.15) is 111 Å². The molecule has 15 nitrogen and oxygen atoms in total. The van der Waals surface area contributed by atoms with E-state index in [4.69, 9.17) is 39.5 Å². The van der Waals surface area contributed by atoms with Gasteiger partial charge in [-0.05, 0) is 70.0 Å². The maximum Gasteiger partial charge on any atom is 0.339 e. The van der Waals surface area contributed by atoms with Crippen LogP contribution in [-0.4, -0.2) is 68.3 Å². The van der Waals surface area contributed by atoms with E-state index in [9.17, 15) is 38.2 Å². The molecule has 328 valence electrons. The molecule has 0 atom stereocenters. The lowest BCUT2D eigenvalue weighted by Gasteiger charge is -2.24. The van der Waals surface area contributed by atoms with E-state index in [2.05, 4.69) is 22.0 Å². The van der Waals surface area contributed by atoms with Gasteiger partial charge in [0.1, 0.15) is 16.3 Å². The number of carbonyl (C=O) groups excluding carboxylic acids is 2. The van der Waals surface area contributed by atoms with Crippen LogP contribution in [0.4, 0.5) is 28.4 Å². The quantitative estimate of drug-likeness (QED) is 0.0286. The lowest BCUT2D eigenvalue weighted by molar-refractivity contribution is -0.395. The maximum atomic E-state index is 14.4. The van der Waals surface area contributed by atoms with E-state index in [0.29, 0.717) is 30.8 Å². The molecule has 0 saturated heterocycles. The Bertz CT molecular complexity index is 2160. The number of anilines is 2. The average Bonchev–Trinajstić information content (AvgIpc) is 3.15. The number of sulfonamides is 1.